The summed E-state index contributed by atoms with van der Waals surface area (Å²) in [6.07, 6.45) is 0. The molecule has 2 rings (SSSR count). The summed E-state index contributed by atoms with van der Waals surface area (Å²) in [5, 5.41) is 11.7. The Morgan fingerprint density at radius 1 is 1.19 bits per heavy atom. The number of nitrogens with two attached hydrogens (primary N) is 1. The third-order valence-electron chi connectivity index (χ3n) is 3.11. The first kappa shape index (κ1) is 15.4. The van der Waals surface area contributed by atoms with Crippen molar-refractivity contribution in [2.45, 2.75) is 29.6 Å². The predicted molar refractivity (Wildman–Crippen MR) is 83.6 cm³/mol. The average Bonchev–Trinajstić information content (AvgIpc) is 2.47. The molecule has 0 aliphatic heterocycles. The number of amidine groups is 1. The fraction of sp³-hybridized carbons (Fsp3) is 0.188. The highest BCUT2D eigenvalue weighted by Crippen LogP contribution is 2.32. The molecule has 3 nitrogen and oxygen atoms in total. The van der Waals surface area contributed by atoms with Crippen LogP contribution >= 0.6 is 11.8 Å². The van der Waals surface area contributed by atoms with Gasteiger partial charge in [-0.1, -0.05) is 49.0 Å². The molecule has 0 aliphatic carbocycles. The minimum atomic E-state index is -0.505. The number of halogens is 1. The fourth-order valence-corrected chi connectivity index (χ4v) is 2.91. The summed E-state index contributed by atoms with van der Waals surface area (Å²) in [6, 6.07) is 12.7. The second kappa shape index (κ2) is 6.63. The van der Waals surface area contributed by atoms with Crippen molar-refractivity contribution in [2.24, 2.45) is 10.9 Å². The van der Waals surface area contributed by atoms with E-state index in [-0.39, 0.29) is 11.4 Å². The fourth-order valence-electron chi connectivity index (χ4n) is 1.94. The molecule has 0 radical (unpaired) electrons. The van der Waals surface area contributed by atoms with E-state index in [1.807, 2.05) is 12.1 Å². The van der Waals surface area contributed by atoms with Crippen LogP contribution in [-0.2, 0) is 0 Å². The summed E-state index contributed by atoms with van der Waals surface area (Å²) in [6.45, 7) is 4.26. The smallest absolute Gasteiger partial charge is 0.174 e. The van der Waals surface area contributed by atoms with Gasteiger partial charge in [-0.05, 0) is 35.7 Å². The van der Waals surface area contributed by atoms with Crippen LogP contribution < -0.4 is 5.73 Å². The van der Waals surface area contributed by atoms with Gasteiger partial charge in [0.05, 0.1) is 5.56 Å². The molecule has 0 amide bonds. The van der Waals surface area contributed by atoms with Crippen LogP contribution in [-0.4, -0.2) is 11.0 Å². The quantitative estimate of drug-likeness (QED) is 0.385. The van der Waals surface area contributed by atoms with Gasteiger partial charge >= 0.3 is 0 Å². The Balaban J connectivity index is 2.33. The van der Waals surface area contributed by atoms with Crippen LogP contribution in [0.5, 0.6) is 0 Å². The largest absolute Gasteiger partial charge is 0.409 e. The second-order valence-corrected chi connectivity index (χ2v) is 6.04. The van der Waals surface area contributed by atoms with Crippen molar-refractivity contribution < 1.29 is 9.60 Å². The summed E-state index contributed by atoms with van der Waals surface area (Å²) in [5.41, 5.74) is 6.93. The van der Waals surface area contributed by atoms with Crippen LogP contribution in [0.3, 0.4) is 0 Å². The van der Waals surface area contributed by atoms with Crippen LogP contribution in [0.25, 0.3) is 0 Å². The third-order valence-corrected chi connectivity index (χ3v) is 4.18. The maximum Gasteiger partial charge on any atom is 0.174 e. The summed E-state index contributed by atoms with van der Waals surface area (Å²) in [4.78, 5) is 1.58. The Labute approximate surface area is 127 Å². The SMILES string of the molecule is CC(C)c1ccc(Sc2cccc(F)c2C(N)=NO)cc1. The van der Waals surface area contributed by atoms with E-state index in [4.69, 9.17) is 10.9 Å². The molecule has 0 saturated heterocycles. The van der Waals surface area contributed by atoms with Crippen molar-refractivity contribution in [1.29, 1.82) is 0 Å². The number of hydrogen-bond donors (Lipinski definition) is 2. The Morgan fingerprint density at radius 2 is 1.86 bits per heavy atom. The highest BCUT2D eigenvalue weighted by atomic mass is 32.2. The van der Waals surface area contributed by atoms with E-state index in [0.717, 1.165) is 4.90 Å². The number of benzene rings is 2. The van der Waals surface area contributed by atoms with Crippen molar-refractivity contribution >= 4 is 17.6 Å². The molecule has 2 aromatic rings. The highest BCUT2D eigenvalue weighted by molar-refractivity contribution is 7.99. The number of hydrogen-bond acceptors (Lipinski definition) is 3. The zero-order valence-electron chi connectivity index (χ0n) is 11.9. The van der Waals surface area contributed by atoms with E-state index < -0.39 is 5.82 Å². The summed E-state index contributed by atoms with van der Waals surface area (Å²) >= 11 is 1.38. The molecule has 0 unspecified atom stereocenters. The highest BCUT2D eigenvalue weighted by Gasteiger charge is 2.14. The normalized spacial score (nSPS) is 11.9. The van der Waals surface area contributed by atoms with E-state index >= 15 is 0 Å². The molecule has 110 valence electrons. The van der Waals surface area contributed by atoms with E-state index in [9.17, 15) is 4.39 Å². The molecule has 2 aromatic carbocycles. The van der Waals surface area contributed by atoms with Gasteiger partial charge in [-0.15, -0.1) is 0 Å². The maximum absolute atomic E-state index is 13.9. The van der Waals surface area contributed by atoms with Gasteiger partial charge in [-0.2, -0.15) is 0 Å². The average molecular weight is 304 g/mol. The lowest BCUT2D eigenvalue weighted by Crippen LogP contribution is -2.16. The molecule has 0 atom stereocenters. The Bertz CT molecular complexity index is 654. The van der Waals surface area contributed by atoms with E-state index in [1.165, 1.54) is 23.4 Å². The summed E-state index contributed by atoms with van der Waals surface area (Å²) in [7, 11) is 0. The van der Waals surface area contributed by atoms with Crippen molar-refractivity contribution in [2.75, 3.05) is 0 Å². The summed E-state index contributed by atoms with van der Waals surface area (Å²) < 4.78 is 13.9. The molecule has 0 heterocycles. The minimum Gasteiger partial charge on any atom is -0.409 e. The van der Waals surface area contributed by atoms with Crippen molar-refractivity contribution in [1.82, 2.24) is 0 Å². The molecule has 0 fully saturated rings. The monoisotopic (exact) mass is 304 g/mol. The van der Waals surface area contributed by atoms with Crippen LogP contribution in [0, 0.1) is 5.82 Å². The zero-order valence-corrected chi connectivity index (χ0v) is 12.7. The van der Waals surface area contributed by atoms with Gasteiger partial charge in [0.2, 0.25) is 0 Å². The van der Waals surface area contributed by atoms with Gasteiger partial charge in [-0.3, -0.25) is 0 Å². The van der Waals surface area contributed by atoms with Gasteiger partial charge in [0.15, 0.2) is 5.84 Å². The lowest BCUT2D eigenvalue weighted by atomic mass is 10.0. The Kier molecular flexibility index (Phi) is 4.85. The van der Waals surface area contributed by atoms with Gasteiger partial charge in [-0.25, -0.2) is 4.39 Å². The van der Waals surface area contributed by atoms with Gasteiger partial charge in [0.25, 0.3) is 0 Å². The lowest BCUT2D eigenvalue weighted by molar-refractivity contribution is 0.318. The van der Waals surface area contributed by atoms with Crippen LogP contribution in [0.1, 0.15) is 30.9 Å². The molecule has 0 aromatic heterocycles. The van der Waals surface area contributed by atoms with Gasteiger partial charge in [0, 0.05) is 9.79 Å². The van der Waals surface area contributed by atoms with Gasteiger partial charge < -0.3 is 10.9 Å². The number of oxime groups is 1. The van der Waals surface area contributed by atoms with Crippen molar-refractivity contribution in [3.05, 3.63) is 59.4 Å². The molecule has 0 aliphatic rings. The van der Waals surface area contributed by atoms with Crippen LogP contribution in [0.2, 0.25) is 0 Å². The molecular weight excluding hydrogens is 287 g/mol. The minimum absolute atomic E-state index is 0.123. The van der Waals surface area contributed by atoms with E-state index in [1.54, 1.807) is 12.1 Å². The van der Waals surface area contributed by atoms with Crippen LogP contribution in [0.4, 0.5) is 4.39 Å². The maximum atomic E-state index is 13.9. The second-order valence-electron chi connectivity index (χ2n) is 4.92. The topological polar surface area (TPSA) is 58.6 Å². The molecule has 21 heavy (non-hydrogen) atoms. The molecular formula is C16H17FN2OS. The summed E-state index contributed by atoms with van der Waals surface area (Å²) in [5.74, 6) is -0.269. The Morgan fingerprint density at radius 3 is 2.43 bits per heavy atom. The van der Waals surface area contributed by atoms with Crippen molar-refractivity contribution in [3.8, 4) is 0 Å². The predicted octanol–water partition coefficient (Wildman–Crippen LogP) is 4.19. The number of nitrogens with zero attached hydrogens (tertiary/aromatic N) is 1. The molecule has 0 saturated carbocycles. The zero-order chi connectivity index (χ0) is 15.4. The molecule has 0 spiro atoms. The lowest BCUT2D eigenvalue weighted by Gasteiger charge is -2.10. The molecule has 3 N–H and O–H groups in total. The molecule has 0 bridgehead atoms. The first-order valence-corrected chi connectivity index (χ1v) is 7.38. The van der Waals surface area contributed by atoms with E-state index in [0.29, 0.717) is 10.8 Å². The third kappa shape index (κ3) is 3.55. The molecule has 5 heteroatoms. The van der Waals surface area contributed by atoms with Crippen LogP contribution in [0.15, 0.2) is 57.4 Å². The first-order valence-electron chi connectivity index (χ1n) is 6.57. The number of rotatable bonds is 4. The Hall–Kier alpha value is -2.01. The first-order chi connectivity index (χ1) is 10.0. The van der Waals surface area contributed by atoms with Crippen molar-refractivity contribution in [3.63, 3.8) is 0 Å². The standard InChI is InChI=1S/C16H17FN2OS/c1-10(2)11-6-8-12(9-7-11)21-14-5-3-4-13(17)15(14)16(18)19-20/h3-10,20H,1-2H3,(H2,18,19). The van der Waals surface area contributed by atoms with E-state index in [2.05, 4.69) is 31.1 Å². The van der Waals surface area contributed by atoms with Gasteiger partial charge in [0.1, 0.15) is 5.82 Å².